The van der Waals surface area contributed by atoms with Crippen molar-refractivity contribution in [2.75, 3.05) is 6.61 Å². The number of rotatable bonds is 9. The minimum absolute atomic E-state index is 0.129. The molecule has 1 amide bonds. The number of nitrogens with zero attached hydrogens (tertiary/aromatic N) is 2. The third-order valence-corrected chi connectivity index (χ3v) is 6.57. The lowest BCUT2D eigenvalue weighted by atomic mass is 10.00. The van der Waals surface area contributed by atoms with Gasteiger partial charge in [-0.25, -0.2) is 4.68 Å². The number of carbonyl (C=O) groups is 2. The minimum atomic E-state index is -4.74. The van der Waals surface area contributed by atoms with Gasteiger partial charge in [-0.3, -0.25) is 9.59 Å². The van der Waals surface area contributed by atoms with Gasteiger partial charge >= 0.3 is 12.1 Å². The van der Waals surface area contributed by atoms with Crippen LogP contribution in [0.2, 0.25) is 0 Å². The van der Waals surface area contributed by atoms with Gasteiger partial charge in [0.05, 0.1) is 36.0 Å². The first-order chi connectivity index (χ1) is 18.2. The summed E-state index contributed by atoms with van der Waals surface area (Å²) in [6.07, 6.45) is -2.81. The molecule has 202 valence electrons. The van der Waals surface area contributed by atoms with Crippen molar-refractivity contribution < 1.29 is 27.5 Å². The molecule has 1 unspecified atom stereocenters. The highest BCUT2D eigenvalue weighted by Crippen LogP contribution is 2.37. The molecule has 1 aliphatic carbocycles. The first-order valence-corrected chi connectivity index (χ1v) is 12.4. The molecule has 11 heteroatoms. The fourth-order valence-electron chi connectivity index (χ4n) is 4.78. The summed E-state index contributed by atoms with van der Waals surface area (Å²) in [5.74, 6) is -1.31. The summed E-state index contributed by atoms with van der Waals surface area (Å²) >= 11 is 0. The predicted octanol–water partition coefficient (Wildman–Crippen LogP) is 3.72. The van der Waals surface area contributed by atoms with Crippen LogP contribution in [0.15, 0.2) is 42.5 Å². The molecule has 0 fully saturated rings. The number of halogens is 3. The lowest BCUT2D eigenvalue weighted by molar-refractivity contribution is -0.143. The van der Waals surface area contributed by atoms with Crippen molar-refractivity contribution in [1.82, 2.24) is 15.1 Å². The van der Waals surface area contributed by atoms with Gasteiger partial charge in [0.15, 0.2) is 0 Å². The number of benzene rings is 2. The minimum Gasteiger partial charge on any atom is -0.466 e. The first-order valence-electron chi connectivity index (χ1n) is 12.4. The van der Waals surface area contributed by atoms with Crippen molar-refractivity contribution in [3.05, 3.63) is 81.7 Å². The highest BCUT2D eigenvalue weighted by Gasteiger charge is 2.36. The fraction of sp³-hybridized carbons (Fsp3) is 0.370. The molecule has 1 atom stereocenters. The van der Waals surface area contributed by atoms with Crippen LogP contribution in [-0.2, 0) is 41.6 Å². The number of ether oxygens (including phenoxy) is 1. The van der Waals surface area contributed by atoms with E-state index in [0.717, 1.165) is 30.0 Å². The monoisotopic (exact) mass is 529 g/mol. The number of nitrogens with two attached hydrogens (primary N) is 2. The van der Waals surface area contributed by atoms with Crippen molar-refractivity contribution in [3.63, 3.8) is 0 Å². The molecule has 1 aromatic heterocycles. The van der Waals surface area contributed by atoms with E-state index in [2.05, 4.69) is 10.4 Å². The van der Waals surface area contributed by atoms with Crippen LogP contribution in [0, 0.1) is 0 Å². The van der Waals surface area contributed by atoms with Gasteiger partial charge in [0, 0.05) is 24.3 Å². The van der Waals surface area contributed by atoms with Crippen LogP contribution in [0.4, 0.5) is 13.2 Å². The summed E-state index contributed by atoms with van der Waals surface area (Å²) in [4.78, 5) is 25.4. The molecule has 8 nitrogen and oxygen atoms in total. The standard InChI is InChI=1S/C27H30F3N5O3/c1-2-38-25(36)13-21(17-6-3-5-16(11-17)14-31)33-26(37)18-9-10-24(20(12-18)27(28,29)30)35-23-8-4-7-19(23)22(15-32)34-35/h3,5-6,9-12,21H,2,4,7-8,13-15,31-32H2,1H3,(H,33,37). The summed E-state index contributed by atoms with van der Waals surface area (Å²) in [5, 5.41) is 7.05. The summed E-state index contributed by atoms with van der Waals surface area (Å²) in [6, 6.07) is 9.53. The van der Waals surface area contributed by atoms with Gasteiger partial charge in [0.2, 0.25) is 0 Å². The predicted molar refractivity (Wildman–Crippen MR) is 134 cm³/mol. The second-order valence-electron chi connectivity index (χ2n) is 9.06. The summed E-state index contributed by atoms with van der Waals surface area (Å²) in [6.45, 7) is 2.19. The third kappa shape index (κ3) is 5.73. The molecule has 38 heavy (non-hydrogen) atoms. The van der Waals surface area contributed by atoms with Gasteiger partial charge in [0.1, 0.15) is 0 Å². The van der Waals surface area contributed by atoms with Crippen molar-refractivity contribution in [1.29, 1.82) is 0 Å². The Hall–Kier alpha value is -3.70. The number of esters is 1. The molecule has 3 aromatic rings. The van der Waals surface area contributed by atoms with E-state index < -0.39 is 29.7 Å². The molecule has 1 heterocycles. The average molecular weight is 530 g/mol. The lowest BCUT2D eigenvalue weighted by Gasteiger charge is -2.20. The molecule has 0 aliphatic heterocycles. The number of fused-ring (bicyclic) bond motifs is 1. The van der Waals surface area contributed by atoms with Crippen molar-refractivity contribution in [2.45, 2.75) is 57.9 Å². The highest BCUT2D eigenvalue weighted by atomic mass is 19.4. The van der Waals surface area contributed by atoms with Gasteiger partial charge in [-0.15, -0.1) is 0 Å². The van der Waals surface area contributed by atoms with E-state index in [1.54, 1.807) is 31.2 Å². The molecule has 0 saturated carbocycles. The van der Waals surface area contributed by atoms with E-state index in [1.165, 1.54) is 16.8 Å². The number of hydrogen-bond donors (Lipinski definition) is 3. The summed E-state index contributed by atoms with van der Waals surface area (Å²) in [5.41, 5.74) is 13.7. The molecule has 4 rings (SSSR count). The van der Waals surface area contributed by atoms with Crippen molar-refractivity contribution in [2.24, 2.45) is 11.5 Å². The third-order valence-electron chi connectivity index (χ3n) is 6.57. The number of amides is 1. The van der Waals surface area contributed by atoms with Gasteiger partial charge < -0.3 is 21.5 Å². The Morgan fingerprint density at radius 1 is 1.13 bits per heavy atom. The van der Waals surface area contributed by atoms with E-state index >= 15 is 0 Å². The number of alkyl halides is 3. The van der Waals surface area contributed by atoms with E-state index in [1.807, 2.05) is 0 Å². The zero-order chi connectivity index (χ0) is 27.4. The Morgan fingerprint density at radius 3 is 2.61 bits per heavy atom. The second kappa shape index (κ2) is 11.4. The average Bonchev–Trinajstić information content (AvgIpc) is 3.50. The summed E-state index contributed by atoms with van der Waals surface area (Å²) in [7, 11) is 0. The molecule has 2 aromatic carbocycles. The SMILES string of the molecule is CCOC(=O)CC(NC(=O)c1ccc(-n2nc(CN)c3c2CCC3)c(C(F)(F)F)c1)c1cccc(CN)c1. The Morgan fingerprint density at radius 2 is 1.92 bits per heavy atom. The van der Waals surface area contributed by atoms with Gasteiger partial charge in [0.25, 0.3) is 5.91 Å². The topological polar surface area (TPSA) is 125 Å². The van der Waals surface area contributed by atoms with E-state index in [4.69, 9.17) is 16.2 Å². The smallest absolute Gasteiger partial charge is 0.418 e. The van der Waals surface area contributed by atoms with Crippen molar-refractivity contribution in [3.8, 4) is 5.69 Å². The maximum absolute atomic E-state index is 14.2. The van der Waals surface area contributed by atoms with E-state index in [9.17, 15) is 22.8 Å². The van der Waals surface area contributed by atoms with Crippen LogP contribution in [0.25, 0.3) is 5.69 Å². The molecule has 0 spiro atoms. The Labute approximate surface area is 218 Å². The van der Waals surface area contributed by atoms with E-state index in [0.29, 0.717) is 23.4 Å². The van der Waals surface area contributed by atoms with Crippen LogP contribution in [0.1, 0.15) is 69.8 Å². The van der Waals surface area contributed by atoms with Crippen LogP contribution in [0.5, 0.6) is 0 Å². The Balaban J connectivity index is 1.69. The fourth-order valence-corrected chi connectivity index (χ4v) is 4.78. The van der Waals surface area contributed by atoms with E-state index in [-0.39, 0.29) is 37.4 Å². The molecule has 1 aliphatic rings. The van der Waals surface area contributed by atoms with Crippen LogP contribution >= 0.6 is 0 Å². The number of hydrogen-bond acceptors (Lipinski definition) is 6. The first kappa shape index (κ1) is 27.3. The lowest BCUT2D eigenvalue weighted by Crippen LogP contribution is -2.31. The maximum Gasteiger partial charge on any atom is 0.418 e. The zero-order valence-corrected chi connectivity index (χ0v) is 21.0. The molecule has 0 saturated heterocycles. The molecular weight excluding hydrogens is 499 g/mol. The molecule has 0 radical (unpaired) electrons. The van der Waals surface area contributed by atoms with Gasteiger partial charge in [-0.1, -0.05) is 24.3 Å². The Kier molecular flexibility index (Phi) is 8.17. The molecule has 5 N–H and O–H groups in total. The quantitative estimate of drug-likeness (QED) is 0.363. The van der Waals surface area contributed by atoms with Crippen molar-refractivity contribution >= 4 is 11.9 Å². The number of aromatic nitrogens is 2. The highest BCUT2D eigenvalue weighted by molar-refractivity contribution is 5.95. The Bertz CT molecular complexity index is 1340. The molecule has 0 bridgehead atoms. The largest absolute Gasteiger partial charge is 0.466 e. The van der Waals surface area contributed by atoms with Crippen LogP contribution in [-0.4, -0.2) is 28.3 Å². The van der Waals surface area contributed by atoms with Gasteiger partial charge in [-0.2, -0.15) is 18.3 Å². The number of carbonyl (C=O) groups excluding carboxylic acids is 2. The molecular formula is C27H30F3N5O3. The normalized spacial score (nSPS) is 13.7. The van der Waals surface area contributed by atoms with Crippen LogP contribution < -0.4 is 16.8 Å². The second-order valence-corrected chi connectivity index (χ2v) is 9.06. The van der Waals surface area contributed by atoms with Crippen LogP contribution in [0.3, 0.4) is 0 Å². The zero-order valence-electron chi connectivity index (χ0n) is 21.0. The number of nitrogens with one attached hydrogen (secondary N) is 1. The maximum atomic E-state index is 14.2. The van der Waals surface area contributed by atoms with Gasteiger partial charge in [-0.05, 0) is 61.1 Å². The summed E-state index contributed by atoms with van der Waals surface area (Å²) < 4.78 is 49.0.